The van der Waals surface area contributed by atoms with E-state index >= 15 is 0 Å². The number of carbonyl (C=O) groups excluding carboxylic acids is 2. The summed E-state index contributed by atoms with van der Waals surface area (Å²) in [5.41, 5.74) is 1.96. The lowest BCUT2D eigenvalue weighted by Crippen LogP contribution is -2.18. The molecule has 0 aliphatic heterocycles. The Morgan fingerprint density at radius 1 is 1.13 bits per heavy atom. The lowest BCUT2D eigenvalue weighted by molar-refractivity contribution is -0.144. The number of amides is 1. The second-order valence-corrected chi connectivity index (χ2v) is 6.34. The zero-order chi connectivity index (χ0) is 21.5. The van der Waals surface area contributed by atoms with Crippen LogP contribution in [0.15, 0.2) is 54.6 Å². The van der Waals surface area contributed by atoms with Gasteiger partial charge in [0, 0.05) is 18.1 Å². The van der Waals surface area contributed by atoms with E-state index in [0.717, 1.165) is 5.56 Å². The Morgan fingerprint density at radius 2 is 1.90 bits per heavy atom. The predicted molar refractivity (Wildman–Crippen MR) is 111 cm³/mol. The zero-order valence-corrected chi connectivity index (χ0v) is 16.6. The summed E-state index contributed by atoms with van der Waals surface area (Å²) in [7, 11) is 0. The maximum absolute atomic E-state index is 13.8. The molecule has 0 bridgehead atoms. The Hall–Kier alpha value is -3.92. The molecule has 1 heterocycles. The molecule has 6 nitrogen and oxygen atoms in total. The van der Waals surface area contributed by atoms with Crippen LogP contribution in [0.3, 0.4) is 0 Å². The summed E-state index contributed by atoms with van der Waals surface area (Å²) in [4.78, 5) is 23.9. The Balaban J connectivity index is 2.18. The quantitative estimate of drug-likeness (QED) is 0.520. The van der Waals surface area contributed by atoms with Crippen LogP contribution in [0, 0.1) is 17.7 Å². The van der Waals surface area contributed by atoms with Crippen LogP contribution in [0.4, 0.5) is 10.2 Å². The SMILES string of the molecule is CCOC(=O)Cn1nc(-c2cccc(F)c2)c(C#Cc2ccccc2)c1NC(C)=O. The van der Waals surface area contributed by atoms with Crippen molar-refractivity contribution in [3.05, 3.63) is 71.5 Å². The molecule has 0 atom stereocenters. The summed E-state index contributed by atoms with van der Waals surface area (Å²) >= 11 is 0. The van der Waals surface area contributed by atoms with Gasteiger partial charge in [-0.1, -0.05) is 42.2 Å². The second-order valence-electron chi connectivity index (χ2n) is 6.34. The number of esters is 1. The number of carbonyl (C=O) groups is 2. The van der Waals surface area contributed by atoms with Gasteiger partial charge in [0.25, 0.3) is 0 Å². The summed E-state index contributed by atoms with van der Waals surface area (Å²) < 4.78 is 20.2. The molecule has 1 aromatic heterocycles. The summed E-state index contributed by atoms with van der Waals surface area (Å²) in [6, 6.07) is 15.2. The molecule has 3 rings (SSSR count). The average Bonchev–Trinajstić information content (AvgIpc) is 3.04. The number of nitrogens with zero attached hydrogens (tertiary/aromatic N) is 2. The number of hydrogen-bond acceptors (Lipinski definition) is 4. The van der Waals surface area contributed by atoms with Gasteiger partial charge in [0.1, 0.15) is 23.9 Å². The monoisotopic (exact) mass is 405 g/mol. The summed E-state index contributed by atoms with van der Waals surface area (Å²) in [6.45, 7) is 3.04. The van der Waals surface area contributed by atoms with Crippen molar-refractivity contribution in [1.82, 2.24) is 9.78 Å². The molecular weight excluding hydrogens is 385 g/mol. The first-order valence-electron chi connectivity index (χ1n) is 9.35. The Morgan fingerprint density at radius 3 is 2.57 bits per heavy atom. The van der Waals surface area contributed by atoms with Crippen molar-refractivity contribution in [2.45, 2.75) is 20.4 Å². The number of rotatable bonds is 5. The lowest BCUT2D eigenvalue weighted by Gasteiger charge is -2.07. The lowest BCUT2D eigenvalue weighted by atomic mass is 10.1. The molecule has 30 heavy (non-hydrogen) atoms. The minimum Gasteiger partial charge on any atom is -0.465 e. The van der Waals surface area contributed by atoms with Crippen LogP contribution in [-0.2, 0) is 20.9 Å². The largest absolute Gasteiger partial charge is 0.465 e. The van der Waals surface area contributed by atoms with Crippen LogP contribution in [0.25, 0.3) is 11.3 Å². The Kier molecular flexibility index (Phi) is 6.60. The van der Waals surface area contributed by atoms with Crippen LogP contribution >= 0.6 is 0 Å². The standard InChI is InChI=1S/C23H20FN3O3/c1-3-30-21(29)15-27-23(25-16(2)28)20(13-12-17-8-5-4-6-9-17)22(26-27)18-10-7-11-19(24)14-18/h4-11,14H,3,15H2,1-2H3,(H,25,28). The van der Waals surface area contributed by atoms with Crippen LogP contribution in [0.2, 0.25) is 0 Å². The molecule has 0 radical (unpaired) electrons. The second kappa shape index (κ2) is 9.52. The van der Waals surface area contributed by atoms with Crippen LogP contribution in [0.1, 0.15) is 25.0 Å². The molecule has 0 spiro atoms. The highest BCUT2D eigenvalue weighted by Gasteiger charge is 2.21. The fraction of sp³-hybridized carbons (Fsp3) is 0.174. The third kappa shape index (κ3) is 5.11. The molecule has 0 unspecified atom stereocenters. The van der Waals surface area contributed by atoms with Gasteiger partial charge in [-0.3, -0.25) is 9.59 Å². The van der Waals surface area contributed by atoms with E-state index in [0.29, 0.717) is 16.8 Å². The molecule has 1 N–H and O–H groups in total. The number of hydrogen-bond donors (Lipinski definition) is 1. The third-order valence-corrected chi connectivity index (χ3v) is 4.03. The highest BCUT2D eigenvalue weighted by atomic mass is 19.1. The first-order valence-corrected chi connectivity index (χ1v) is 9.35. The molecule has 1 amide bonds. The van der Waals surface area contributed by atoms with Crippen molar-refractivity contribution in [2.75, 3.05) is 11.9 Å². The summed E-state index contributed by atoms with van der Waals surface area (Å²) in [6.07, 6.45) is 0. The van der Waals surface area contributed by atoms with Crippen LogP contribution in [0.5, 0.6) is 0 Å². The van der Waals surface area contributed by atoms with Gasteiger partial charge in [0.15, 0.2) is 0 Å². The summed E-state index contributed by atoms with van der Waals surface area (Å²) in [5.74, 6) is 5.00. The van der Waals surface area contributed by atoms with Gasteiger partial charge < -0.3 is 10.1 Å². The first-order chi connectivity index (χ1) is 14.5. The van der Waals surface area contributed by atoms with Crippen molar-refractivity contribution in [2.24, 2.45) is 0 Å². The van der Waals surface area contributed by atoms with Gasteiger partial charge in [-0.05, 0) is 31.2 Å². The molecule has 0 aliphatic carbocycles. The van der Waals surface area contributed by atoms with E-state index in [1.165, 1.54) is 23.7 Å². The van der Waals surface area contributed by atoms with Gasteiger partial charge in [-0.15, -0.1) is 0 Å². The Labute approximate surface area is 173 Å². The van der Waals surface area contributed by atoms with Crippen molar-refractivity contribution >= 4 is 17.7 Å². The van der Waals surface area contributed by atoms with Crippen LogP contribution in [-0.4, -0.2) is 28.3 Å². The van der Waals surface area contributed by atoms with E-state index in [4.69, 9.17) is 4.74 Å². The van der Waals surface area contributed by atoms with E-state index in [1.807, 2.05) is 30.3 Å². The number of halogens is 1. The zero-order valence-electron chi connectivity index (χ0n) is 16.6. The van der Waals surface area contributed by atoms with Gasteiger partial charge in [-0.2, -0.15) is 5.10 Å². The summed E-state index contributed by atoms with van der Waals surface area (Å²) in [5, 5.41) is 7.13. The minimum atomic E-state index is -0.514. The van der Waals surface area contributed by atoms with E-state index < -0.39 is 11.8 Å². The van der Waals surface area contributed by atoms with E-state index in [1.54, 1.807) is 19.1 Å². The highest BCUT2D eigenvalue weighted by molar-refractivity contribution is 5.91. The normalized spacial score (nSPS) is 10.1. The average molecular weight is 405 g/mol. The molecule has 3 aromatic rings. The first kappa shape index (κ1) is 20.8. The number of anilines is 1. The molecule has 2 aromatic carbocycles. The van der Waals surface area contributed by atoms with Crippen molar-refractivity contribution in [3.8, 4) is 23.1 Å². The molecule has 0 fully saturated rings. The molecule has 152 valence electrons. The number of aromatic nitrogens is 2. The minimum absolute atomic E-state index is 0.215. The topological polar surface area (TPSA) is 73.2 Å². The van der Waals surface area contributed by atoms with E-state index in [-0.39, 0.29) is 24.9 Å². The van der Waals surface area contributed by atoms with Crippen molar-refractivity contribution < 1.29 is 18.7 Å². The number of nitrogens with one attached hydrogen (secondary N) is 1. The molecule has 0 saturated carbocycles. The van der Waals surface area contributed by atoms with Gasteiger partial charge >= 0.3 is 5.97 Å². The predicted octanol–water partition coefficient (Wildman–Crippen LogP) is 3.61. The molecule has 7 heteroatoms. The molecule has 0 saturated heterocycles. The fourth-order valence-electron chi connectivity index (χ4n) is 2.81. The fourth-order valence-corrected chi connectivity index (χ4v) is 2.81. The number of benzene rings is 2. The molecule has 0 aliphatic rings. The smallest absolute Gasteiger partial charge is 0.327 e. The van der Waals surface area contributed by atoms with Crippen molar-refractivity contribution in [1.29, 1.82) is 0 Å². The van der Waals surface area contributed by atoms with Gasteiger partial charge in [0.2, 0.25) is 5.91 Å². The van der Waals surface area contributed by atoms with Crippen molar-refractivity contribution in [3.63, 3.8) is 0 Å². The van der Waals surface area contributed by atoms with Crippen LogP contribution < -0.4 is 5.32 Å². The third-order valence-electron chi connectivity index (χ3n) is 4.03. The Bertz CT molecular complexity index is 1130. The maximum atomic E-state index is 13.8. The van der Waals surface area contributed by atoms with Gasteiger partial charge in [0.05, 0.1) is 12.2 Å². The maximum Gasteiger partial charge on any atom is 0.327 e. The molecular formula is C23H20FN3O3. The van der Waals surface area contributed by atoms with E-state index in [9.17, 15) is 14.0 Å². The van der Waals surface area contributed by atoms with Gasteiger partial charge in [-0.25, -0.2) is 9.07 Å². The number of ether oxygens (including phenoxy) is 1. The highest BCUT2D eigenvalue weighted by Crippen LogP contribution is 2.29. The van der Waals surface area contributed by atoms with E-state index in [2.05, 4.69) is 22.3 Å².